The molecule has 5 nitrogen and oxygen atoms in total. The second-order valence-corrected chi connectivity index (χ2v) is 4.15. The third-order valence-electron chi connectivity index (χ3n) is 2.76. The lowest BCUT2D eigenvalue weighted by Crippen LogP contribution is -2.44. The molecular weight excluding hydrogens is 248 g/mol. The number of carbonyl (C=O) groups is 2. The van der Waals surface area contributed by atoms with Crippen LogP contribution in [-0.4, -0.2) is 40.6 Å². The molecular formula is C14H18O5. The van der Waals surface area contributed by atoms with E-state index in [0.717, 1.165) is 5.56 Å². The zero-order valence-electron chi connectivity index (χ0n) is 10.7. The van der Waals surface area contributed by atoms with Crippen molar-refractivity contribution in [3.63, 3.8) is 0 Å². The van der Waals surface area contributed by atoms with Crippen LogP contribution in [0, 0.1) is 0 Å². The van der Waals surface area contributed by atoms with E-state index in [1.807, 2.05) is 30.3 Å². The summed E-state index contributed by atoms with van der Waals surface area (Å²) < 4.78 is 5.22. The highest BCUT2D eigenvalue weighted by Gasteiger charge is 2.30. The second-order valence-electron chi connectivity index (χ2n) is 4.15. The molecule has 0 radical (unpaired) electrons. The van der Waals surface area contributed by atoms with Gasteiger partial charge in [0.2, 0.25) is 0 Å². The minimum absolute atomic E-state index is 0.0858. The van der Waals surface area contributed by atoms with Gasteiger partial charge >= 0.3 is 0 Å². The Labute approximate surface area is 111 Å². The van der Waals surface area contributed by atoms with Crippen LogP contribution in [0.5, 0.6) is 0 Å². The fraction of sp³-hybridized carbons (Fsp3) is 0.429. The van der Waals surface area contributed by atoms with E-state index in [1.54, 1.807) is 6.92 Å². The molecule has 0 unspecified atom stereocenters. The van der Waals surface area contributed by atoms with Crippen LogP contribution in [-0.2, 0) is 20.9 Å². The summed E-state index contributed by atoms with van der Waals surface area (Å²) in [6.07, 6.45) is -3.90. The molecule has 104 valence electrons. The van der Waals surface area contributed by atoms with Crippen LogP contribution < -0.4 is 0 Å². The van der Waals surface area contributed by atoms with E-state index < -0.39 is 24.1 Å². The van der Waals surface area contributed by atoms with Gasteiger partial charge < -0.3 is 19.7 Å². The van der Waals surface area contributed by atoms with E-state index in [1.165, 1.54) is 0 Å². The molecule has 1 rings (SSSR count). The lowest BCUT2D eigenvalue weighted by Gasteiger charge is -2.22. The Kier molecular flexibility index (Phi) is 6.35. The number of hydrogen-bond acceptors (Lipinski definition) is 5. The predicted octanol–water partition coefficient (Wildman–Crippen LogP) is 0.472. The van der Waals surface area contributed by atoms with Gasteiger partial charge in [-0.05, 0) is 5.56 Å². The number of hydrogen-bond donors (Lipinski definition) is 2. The molecule has 1 aromatic rings. The van der Waals surface area contributed by atoms with Crippen molar-refractivity contribution in [2.75, 3.05) is 0 Å². The van der Waals surface area contributed by atoms with Gasteiger partial charge in [0.15, 0.2) is 12.1 Å². The summed E-state index contributed by atoms with van der Waals surface area (Å²) in [4.78, 5) is 22.1. The summed E-state index contributed by atoms with van der Waals surface area (Å²) >= 11 is 0. The predicted molar refractivity (Wildman–Crippen MR) is 68.4 cm³/mol. The average Bonchev–Trinajstić information content (AvgIpc) is 2.47. The monoisotopic (exact) mass is 266 g/mol. The van der Waals surface area contributed by atoms with Crippen LogP contribution in [0.1, 0.15) is 18.9 Å². The largest absolute Gasteiger partial charge is 0.387 e. The Morgan fingerprint density at radius 1 is 1.32 bits per heavy atom. The maximum Gasteiger partial charge on any atom is 0.163 e. The molecule has 0 fully saturated rings. The highest BCUT2D eigenvalue weighted by atomic mass is 16.5. The Bertz CT molecular complexity index is 404. The Morgan fingerprint density at radius 3 is 2.47 bits per heavy atom. The summed E-state index contributed by atoms with van der Waals surface area (Å²) in [6, 6.07) is 9.10. The molecule has 0 spiro atoms. The second kappa shape index (κ2) is 7.78. The van der Waals surface area contributed by atoms with Gasteiger partial charge in [-0.3, -0.25) is 4.79 Å². The number of benzene rings is 1. The SMILES string of the molecule is CCC(=O)[C@H](O)[C@@H](O)[C@H](C=O)OCc1ccccc1. The molecule has 0 amide bonds. The van der Waals surface area contributed by atoms with Crippen LogP contribution in [0.15, 0.2) is 30.3 Å². The molecule has 0 saturated heterocycles. The van der Waals surface area contributed by atoms with Gasteiger partial charge in [-0.1, -0.05) is 37.3 Å². The van der Waals surface area contributed by atoms with Gasteiger partial charge in [0.05, 0.1) is 6.61 Å². The van der Waals surface area contributed by atoms with E-state index in [4.69, 9.17) is 4.74 Å². The zero-order valence-corrected chi connectivity index (χ0v) is 10.7. The van der Waals surface area contributed by atoms with Gasteiger partial charge in [0.1, 0.15) is 18.3 Å². The first-order chi connectivity index (χ1) is 9.10. The lowest BCUT2D eigenvalue weighted by molar-refractivity contribution is -0.147. The van der Waals surface area contributed by atoms with Crippen LogP contribution in [0.2, 0.25) is 0 Å². The lowest BCUT2D eigenvalue weighted by atomic mass is 10.0. The minimum Gasteiger partial charge on any atom is -0.387 e. The average molecular weight is 266 g/mol. The number of ketones is 1. The van der Waals surface area contributed by atoms with Crippen LogP contribution >= 0.6 is 0 Å². The molecule has 3 atom stereocenters. The molecule has 0 aliphatic carbocycles. The molecule has 0 heterocycles. The maximum absolute atomic E-state index is 11.3. The molecule has 0 aliphatic rings. The fourth-order valence-corrected chi connectivity index (χ4v) is 1.56. The van der Waals surface area contributed by atoms with E-state index in [-0.39, 0.29) is 13.0 Å². The third kappa shape index (κ3) is 4.55. The summed E-state index contributed by atoms with van der Waals surface area (Å²) in [7, 11) is 0. The van der Waals surface area contributed by atoms with Gasteiger partial charge in [-0.15, -0.1) is 0 Å². The standard InChI is InChI=1S/C14H18O5/c1-2-11(16)13(17)14(18)12(8-15)19-9-10-6-4-3-5-7-10/h3-8,12-14,17-18H,2,9H2,1H3/t12-,13-,14-/m0/s1. The van der Waals surface area contributed by atoms with Crippen LogP contribution in [0.3, 0.4) is 0 Å². The number of ether oxygens (including phenoxy) is 1. The van der Waals surface area contributed by atoms with E-state index in [0.29, 0.717) is 6.29 Å². The first kappa shape index (κ1) is 15.5. The Balaban J connectivity index is 2.58. The van der Waals surface area contributed by atoms with Gasteiger partial charge in [0, 0.05) is 6.42 Å². The first-order valence-corrected chi connectivity index (χ1v) is 6.09. The van der Waals surface area contributed by atoms with Crippen molar-refractivity contribution in [3.05, 3.63) is 35.9 Å². The summed E-state index contributed by atoms with van der Waals surface area (Å²) in [6.45, 7) is 1.69. The molecule has 1 aromatic carbocycles. The van der Waals surface area contributed by atoms with Crippen molar-refractivity contribution < 1.29 is 24.5 Å². The Hall–Kier alpha value is -1.56. The zero-order chi connectivity index (χ0) is 14.3. The summed E-state index contributed by atoms with van der Waals surface area (Å²) in [5, 5.41) is 19.3. The quantitative estimate of drug-likeness (QED) is 0.668. The van der Waals surface area contributed by atoms with E-state index >= 15 is 0 Å². The molecule has 2 N–H and O–H groups in total. The number of aliphatic hydroxyl groups is 2. The smallest absolute Gasteiger partial charge is 0.163 e. The number of rotatable bonds is 8. The third-order valence-corrected chi connectivity index (χ3v) is 2.76. The summed E-state index contributed by atoms with van der Waals surface area (Å²) in [5.74, 6) is -0.525. The first-order valence-electron chi connectivity index (χ1n) is 6.09. The molecule has 0 saturated carbocycles. The van der Waals surface area contributed by atoms with Crippen molar-refractivity contribution in [1.82, 2.24) is 0 Å². The van der Waals surface area contributed by atoms with Crippen LogP contribution in [0.25, 0.3) is 0 Å². The molecule has 19 heavy (non-hydrogen) atoms. The maximum atomic E-state index is 11.3. The fourth-order valence-electron chi connectivity index (χ4n) is 1.56. The Morgan fingerprint density at radius 2 is 1.95 bits per heavy atom. The van der Waals surface area contributed by atoms with Crippen molar-refractivity contribution in [2.45, 2.75) is 38.3 Å². The van der Waals surface area contributed by atoms with E-state index in [2.05, 4.69) is 0 Å². The van der Waals surface area contributed by atoms with Crippen molar-refractivity contribution in [3.8, 4) is 0 Å². The van der Waals surface area contributed by atoms with Crippen molar-refractivity contribution in [2.24, 2.45) is 0 Å². The number of aliphatic hydroxyl groups excluding tert-OH is 2. The molecule has 0 aromatic heterocycles. The number of aldehydes is 1. The number of carbonyl (C=O) groups excluding carboxylic acids is 2. The van der Waals surface area contributed by atoms with E-state index in [9.17, 15) is 19.8 Å². The highest BCUT2D eigenvalue weighted by Crippen LogP contribution is 2.09. The van der Waals surface area contributed by atoms with Crippen molar-refractivity contribution >= 4 is 12.1 Å². The minimum atomic E-state index is -1.60. The topological polar surface area (TPSA) is 83.8 Å². The van der Waals surface area contributed by atoms with Gasteiger partial charge in [-0.25, -0.2) is 0 Å². The normalized spacial score (nSPS) is 15.5. The molecule has 0 bridgehead atoms. The van der Waals surface area contributed by atoms with Crippen LogP contribution in [0.4, 0.5) is 0 Å². The molecule has 0 aliphatic heterocycles. The summed E-state index contributed by atoms with van der Waals surface area (Å²) in [5.41, 5.74) is 0.831. The van der Waals surface area contributed by atoms with Gasteiger partial charge in [0.25, 0.3) is 0 Å². The van der Waals surface area contributed by atoms with Crippen molar-refractivity contribution in [1.29, 1.82) is 0 Å². The van der Waals surface area contributed by atoms with Gasteiger partial charge in [-0.2, -0.15) is 0 Å². The highest BCUT2D eigenvalue weighted by molar-refractivity contribution is 5.83. The number of Topliss-reactive ketones (excluding diaryl/α,β-unsaturated/α-hetero) is 1. The molecule has 5 heteroatoms.